The maximum absolute atomic E-state index is 13.4. The molecular weight excluding hydrogens is 238 g/mol. The lowest BCUT2D eigenvalue weighted by Gasteiger charge is -2.02. The molecule has 0 bridgehead atoms. The minimum Gasteiger partial charge on any atom is -0.458 e. The molecule has 0 atom stereocenters. The van der Waals surface area contributed by atoms with Crippen LogP contribution in [0.25, 0.3) is 0 Å². The van der Waals surface area contributed by atoms with E-state index in [2.05, 4.69) is 0 Å². The van der Waals surface area contributed by atoms with Gasteiger partial charge >= 0.3 is 0 Å². The van der Waals surface area contributed by atoms with Crippen LogP contribution in [0.15, 0.2) is 34.7 Å². The van der Waals surface area contributed by atoms with Crippen molar-refractivity contribution in [3.8, 4) is 0 Å². The molecule has 1 aromatic carbocycles. The van der Waals surface area contributed by atoms with Gasteiger partial charge in [-0.15, -0.1) is 0 Å². The Kier molecular flexibility index (Phi) is 3.55. The number of furan rings is 1. The number of halogens is 2. The summed E-state index contributed by atoms with van der Waals surface area (Å²) in [5.41, 5.74) is -0.225. The summed E-state index contributed by atoms with van der Waals surface area (Å²) in [5, 5.41) is 0. The van der Waals surface area contributed by atoms with E-state index in [1.165, 1.54) is 12.1 Å². The monoisotopic (exact) mass is 250 g/mol. The molecule has 0 radical (unpaired) electrons. The number of hydrogen-bond donors (Lipinski definition) is 0. The first-order valence-corrected chi connectivity index (χ1v) is 5.66. The van der Waals surface area contributed by atoms with Crippen molar-refractivity contribution < 1.29 is 18.0 Å². The molecule has 2 rings (SSSR count). The summed E-state index contributed by atoms with van der Waals surface area (Å²) in [6.07, 6.45) is 0.330. The lowest BCUT2D eigenvalue weighted by Crippen LogP contribution is -2.06. The number of hydrogen-bond acceptors (Lipinski definition) is 2. The summed E-state index contributed by atoms with van der Waals surface area (Å²) in [4.78, 5) is 11.8. The Hall–Kier alpha value is -1.97. The summed E-state index contributed by atoms with van der Waals surface area (Å²) >= 11 is 0. The lowest BCUT2D eigenvalue weighted by molar-refractivity contribution is 0.0962. The van der Waals surface area contributed by atoms with Gasteiger partial charge in [0.25, 0.3) is 0 Å². The molecule has 4 heteroatoms. The molecule has 2 aromatic rings. The molecule has 1 heterocycles. The Morgan fingerprint density at radius 2 is 1.83 bits per heavy atom. The normalized spacial score (nSPS) is 10.6. The van der Waals surface area contributed by atoms with E-state index in [9.17, 15) is 13.6 Å². The molecule has 0 saturated heterocycles. The maximum Gasteiger partial charge on any atom is 0.202 e. The van der Waals surface area contributed by atoms with Gasteiger partial charge in [-0.1, -0.05) is 13.0 Å². The minimum absolute atomic E-state index is 0.134. The van der Waals surface area contributed by atoms with Crippen LogP contribution < -0.4 is 0 Å². The van der Waals surface area contributed by atoms with Crippen molar-refractivity contribution >= 4 is 5.78 Å². The summed E-state index contributed by atoms with van der Waals surface area (Å²) in [6.45, 7) is 1.89. The number of rotatable bonds is 4. The quantitative estimate of drug-likeness (QED) is 0.777. The number of carbonyl (C=O) groups is 1. The highest BCUT2D eigenvalue weighted by Crippen LogP contribution is 2.16. The molecule has 0 spiro atoms. The van der Waals surface area contributed by atoms with E-state index in [4.69, 9.17) is 4.42 Å². The van der Waals surface area contributed by atoms with E-state index < -0.39 is 17.4 Å². The zero-order valence-electron chi connectivity index (χ0n) is 9.87. The van der Waals surface area contributed by atoms with Gasteiger partial charge in [0.15, 0.2) is 5.76 Å². The highest BCUT2D eigenvalue weighted by atomic mass is 19.1. The summed E-state index contributed by atoms with van der Waals surface area (Å²) in [7, 11) is 0. The second-order valence-electron chi connectivity index (χ2n) is 3.92. The standard InChI is InChI=1S/C14H12F2O2/c1-2-9-6-7-14(18-9)13(17)8-10-11(15)4-3-5-12(10)16/h3-7H,2,8H2,1H3. The Morgan fingerprint density at radius 3 is 2.39 bits per heavy atom. The Labute approximate surface area is 103 Å². The van der Waals surface area contributed by atoms with Crippen LogP contribution in [0.1, 0.15) is 28.8 Å². The maximum atomic E-state index is 13.4. The van der Waals surface area contributed by atoms with Gasteiger partial charge in [-0.25, -0.2) is 8.78 Å². The van der Waals surface area contributed by atoms with Crippen molar-refractivity contribution in [1.82, 2.24) is 0 Å². The van der Waals surface area contributed by atoms with Crippen molar-refractivity contribution in [3.63, 3.8) is 0 Å². The van der Waals surface area contributed by atoms with Crippen molar-refractivity contribution in [2.24, 2.45) is 0 Å². The van der Waals surface area contributed by atoms with Crippen LogP contribution >= 0.6 is 0 Å². The summed E-state index contributed by atoms with van der Waals surface area (Å²) < 4.78 is 32.0. The Morgan fingerprint density at radius 1 is 1.17 bits per heavy atom. The zero-order valence-corrected chi connectivity index (χ0v) is 9.87. The molecule has 2 nitrogen and oxygen atoms in total. The van der Waals surface area contributed by atoms with Gasteiger partial charge in [-0.3, -0.25) is 4.79 Å². The molecule has 0 unspecified atom stereocenters. The first-order chi connectivity index (χ1) is 8.61. The third kappa shape index (κ3) is 2.47. The predicted octanol–water partition coefficient (Wildman–Crippen LogP) is 3.55. The fraction of sp³-hybridized carbons (Fsp3) is 0.214. The topological polar surface area (TPSA) is 30.2 Å². The minimum atomic E-state index is -0.717. The average molecular weight is 250 g/mol. The second-order valence-corrected chi connectivity index (χ2v) is 3.92. The smallest absolute Gasteiger partial charge is 0.202 e. The molecule has 0 amide bonds. The molecular formula is C14H12F2O2. The van der Waals surface area contributed by atoms with Gasteiger partial charge < -0.3 is 4.42 Å². The first-order valence-electron chi connectivity index (χ1n) is 5.66. The molecule has 0 fully saturated rings. The summed E-state index contributed by atoms with van der Waals surface area (Å²) in [5.74, 6) is -1.06. The fourth-order valence-corrected chi connectivity index (χ4v) is 1.67. The van der Waals surface area contributed by atoms with Crippen molar-refractivity contribution in [2.75, 3.05) is 0 Å². The molecule has 0 aliphatic carbocycles. The highest BCUT2D eigenvalue weighted by molar-refractivity contribution is 5.95. The predicted molar refractivity (Wildman–Crippen MR) is 62.5 cm³/mol. The number of benzene rings is 1. The van der Waals surface area contributed by atoms with E-state index in [-0.39, 0.29) is 17.7 Å². The first kappa shape index (κ1) is 12.5. The molecule has 0 aliphatic heterocycles. The molecule has 0 aliphatic rings. The van der Waals surface area contributed by atoms with Gasteiger partial charge in [-0.05, 0) is 24.3 Å². The van der Waals surface area contributed by atoms with Crippen LogP contribution in [0.5, 0.6) is 0 Å². The van der Waals surface area contributed by atoms with Gasteiger partial charge in [0.2, 0.25) is 5.78 Å². The molecule has 94 valence electrons. The number of carbonyl (C=O) groups excluding carboxylic acids is 1. The van der Waals surface area contributed by atoms with Crippen LogP contribution in [0, 0.1) is 11.6 Å². The van der Waals surface area contributed by atoms with Crippen LogP contribution in [0.3, 0.4) is 0 Å². The van der Waals surface area contributed by atoms with E-state index in [0.717, 1.165) is 12.1 Å². The van der Waals surface area contributed by atoms with Crippen molar-refractivity contribution in [3.05, 3.63) is 59.1 Å². The van der Waals surface area contributed by atoms with Crippen molar-refractivity contribution in [1.29, 1.82) is 0 Å². The van der Waals surface area contributed by atoms with Crippen molar-refractivity contribution in [2.45, 2.75) is 19.8 Å². The Bertz CT molecular complexity index is 553. The van der Waals surface area contributed by atoms with Gasteiger partial charge in [0.1, 0.15) is 17.4 Å². The third-order valence-electron chi connectivity index (χ3n) is 2.68. The highest BCUT2D eigenvalue weighted by Gasteiger charge is 2.16. The molecule has 18 heavy (non-hydrogen) atoms. The zero-order chi connectivity index (χ0) is 13.1. The van der Waals surface area contributed by atoms with Gasteiger partial charge in [-0.2, -0.15) is 0 Å². The van der Waals surface area contributed by atoms with Gasteiger partial charge in [0.05, 0.1) is 0 Å². The fourth-order valence-electron chi connectivity index (χ4n) is 1.67. The van der Waals surface area contributed by atoms with Gasteiger partial charge in [0, 0.05) is 18.4 Å². The lowest BCUT2D eigenvalue weighted by atomic mass is 10.1. The van der Waals surface area contributed by atoms with E-state index >= 15 is 0 Å². The molecule has 0 saturated carbocycles. The number of aryl methyl sites for hydroxylation is 1. The third-order valence-corrected chi connectivity index (χ3v) is 2.68. The molecule has 0 N–H and O–H groups in total. The Balaban J connectivity index is 2.21. The van der Waals surface area contributed by atoms with Crippen LogP contribution in [0.4, 0.5) is 8.78 Å². The van der Waals surface area contributed by atoms with E-state index in [1.54, 1.807) is 6.07 Å². The SMILES string of the molecule is CCc1ccc(C(=O)Cc2c(F)cccc2F)o1. The van der Waals surface area contributed by atoms with E-state index in [1.807, 2.05) is 6.92 Å². The number of ketones is 1. The van der Waals surface area contributed by atoms with Crippen LogP contribution in [-0.4, -0.2) is 5.78 Å². The second kappa shape index (κ2) is 5.12. The number of Topliss-reactive ketones (excluding diaryl/α,β-unsaturated/α-hetero) is 1. The summed E-state index contributed by atoms with van der Waals surface area (Å²) in [6, 6.07) is 6.74. The molecule has 1 aromatic heterocycles. The van der Waals surface area contributed by atoms with E-state index in [0.29, 0.717) is 12.2 Å². The average Bonchev–Trinajstić information content (AvgIpc) is 2.82. The largest absolute Gasteiger partial charge is 0.458 e. The van der Waals surface area contributed by atoms with Crippen LogP contribution in [0.2, 0.25) is 0 Å². The van der Waals surface area contributed by atoms with Crippen LogP contribution in [-0.2, 0) is 12.8 Å².